The Balaban J connectivity index is -0.000000253. The molecular formula is C38H70O10. The number of carbonyl (C=O) groups is 4. The molecule has 3 unspecified atom stereocenters. The van der Waals surface area contributed by atoms with E-state index in [1.165, 1.54) is 26.2 Å². The third-order valence-corrected chi connectivity index (χ3v) is 7.93. The van der Waals surface area contributed by atoms with Gasteiger partial charge in [0.1, 0.15) is 13.2 Å². The summed E-state index contributed by atoms with van der Waals surface area (Å²) in [5, 5.41) is 16.7. The molecule has 3 atom stereocenters. The highest BCUT2D eigenvalue weighted by molar-refractivity contribution is 5.76. The number of aliphatic hydroxyl groups excluding tert-OH is 2. The van der Waals surface area contributed by atoms with Gasteiger partial charge in [-0.2, -0.15) is 0 Å². The Morgan fingerprint density at radius 2 is 1.04 bits per heavy atom. The van der Waals surface area contributed by atoms with Gasteiger partial charge >= 0.3 is 23.9 Å². The molecule has 0 fully saturated rings. The van der Waals surface area contributed by atoms with E-state index in [0.29, 0.717) is 5.92 Å². The SMILES string of the molecule is CCC(C)(C)C(=O)OC.CCC(C)(C)C(=O)OCCO.CCC(C)C(=O)OC.CCC(C)C(=O)OCCO.CCC(C)c1ccccc1. The highest BCUT2D eigenvalue weighted by Crippen LogP contribution is 2.21. The van der Waals surface area contributed by atoms with Gasteiger partial charge in [-0.15, -0.1) is 0 Å². The molecule has 0 amide bonds. The van der Waals surface area contributed by atoms with Gasteiger partial charge in [-0.3, -0.25) is 19.2 Å². The number of aliphatic hydroxyl groups is 2. The van der Waals surface area contributed by atoms with Crippen molar-refractivity contribution in [3.05, 3.63) is 35.9 Å². The molecule has 48 heavy (non-hydrogen) atoms. The second-order valence-electron chi connectivity index (χ2n) is 12.6. The highest BCUT2D eigenvalue weighted by atomic mass is 16.5. The molecule has 0 aliphatic carbocycles. The number of hydrogen-bond donors (Lipinski definition) is 2. The number of methoxy groups -OCH3 is 2. The molecule has 0 heterocycles. The minimum atomic E-state index is -0.421. The zero-order valence-corrected chi connectivity index (χ0v) is 32.6. The maximum Gasteiger partial charge on any atom is 0.311 e. The molecule has 10 heteroatoms. The van der Waals surface area contributed by atoms with Gasteiger partial charge in [0, 0.05) is 0 Å². The number of esters is 4. The largest absolute Gasteiger partial charge is 0.469 e. The molecule has 10 nitrogen and oxygen atoms in total. The molecule has 282 valence electrons. The van der Waals surface area contributed by atoms with E-state index < -0.39 is 5.41 Å². The van der Waals surface area contributed by atoms with Gasteiger partial charge in [-0.1, -0.05) is 85.7 Å². The summed E-state index contributed by atoms with van der Waals surface area (Å²) >= 11 is 0. The van der Waals surface area contributed by atoms with Crippen LogP contribution < -0.4 is 0 Å². The maximum atomic E-state index is 11.1. The lowest BCUT2D eigenvalue weighted by Crippen LogP contribution is -2.26. The van der Waals surface area contributed by atoms with E-state index >= 15 is 0 Å². The first-order valence-electron chi connectivity index (χ1n) is 17.1. The maximum absolute atomic E-state index is 11.1. The zero-order valence-electron chi connectivity index (χ0n) is 32.6. The van der Waals surface area contributed by atoms with Gasteiger partial charge < -0.3 is 29.2 Å². The molecule has 0 bridgehead atoms. The van der Waals surface area contributed by atoms with Crippen molar-refractivity contribution in [1.29, 1.82) is 0 Å². The monoisotopic (exact) mass is 686 g/mol. The van der Waals surface area contributed by atoms with E-state index in [2.05, 4.69) is 58.4 Å². The van der Waals surface area contributed by atoms with Gasteiger partial charge in [0.05, 0.1) is 50.1 Å². The van der Waals surface area contributed by atoms with Crippen LogP contribution in [0.5, 0.6) is 0 Å². The number of ether oxygens (including phenoxy) is 4. The van der Waals surface area contributed by atoms with Gasteiger partial charge in [0.25, 0.3) is 0 Å². The molecule has 0 spiro atoms. The van der Waals surface area contributed by atoms with Crippen LogP contribution in [0.3, 0.4) is 0 Å². The first kappa shape index (κ1) is 51.8. The van der Waals surface area contributed by atoms with Crippen molar-refractivity contribution in [1.82, 2.24) is 0 Å². The summed E-state index contributed by atoms with van der Waals surface area (Å²) in [6, 6.07) is 10.6. The Morgan fingerprint density at radius 1 is 0.625 bits per heavy atom. The first-order valence-corrected chi connectivity index (χ1v) is 17.1. The average Bonchev–Trinajstić information content (AvgIpc) is 3.12. The number of rotatable bonds is 14. The third kappa shape index (κ3) is 27.0. The van der Waals surface area contributed by atoms with Gasteiger partial charge in [-0.05, 0) is 71.3 Å². The summed E-state index contributed by atoms with van der Waals surface area (Å²) in [4.78, 5) is 43.3. The summed E-state index contributed by atoms with van der Waals surface area (Å²) < 4.78 is 18.4. The average molecular weight is 687 g/mol. The lowest BCUT2D eigenvalue weighted by atomic mass is 9.91. The standard InChI is InChI=1S/C10H14.C8H16O3.C7H14O3.C7H14O2.C6H12O2/c1-3-9(2)10-7-5-4-6-8-10;1-4-8(2,3)7(10)11-6-5-9;1-3-6(2)7(9)10-5-4-8;1-5-7(2,3)6(8)9-4;1-4-5(2)6(7)8-3/h4-9H,3H2,1-2H3;9H,4-6H2,1-3H3;6,8H,3-5H2,1-2H3;5H2,1-4H3;5H,4H2,1-3H3. The van der Waals surface area contributed by atoms with Crippen molar-refractivity contribution in [3.8, 4) is 0 Å². The van der Waals surface area contributed by atoms with Crippen LogP contribution in [0.15, 0.2) is 30.3 Å². The Labute approximate surface area is 292 Å². The molecule has 0 aliphatic rings. The van der Waals surface area contributed by atoms with E-state index in [-0.39, 0.29) is 67.6 Å². The van der Waals surface area contributed by atoms with Crippen LogP contribution in [0.2, 0.25) is 0 Å². The Kier molecular flexibility index (Phi) is 33.8. The van der Waals surface area contributed by atoms with Gasteiger partial charge in [-0.25, -0.2) is 0 Å². The number of benzene rings is 1. The van der Waals surface area contributed by atoms with Crippen molar-refractivity contribution in [2.24, 2.45) is 22.7 Å². The van der Waals surface area contributed by atoms with E-state index in [1.807, 2.05) is 62.3 Å². The van der Waals surface area contributed by atoms with Crippen LogP contribution >= 0.6 is 0 Å². The Hall–Kier alpha value is -2.98. The minimum absolute atomic E-state index is 0.0495. The van der Waals surface area contributed by atoms with Crippen molar-refractivity contribution in [2.75, 3.05) is 40.6 Å². The normalized spacial score (nSPS) is 12.2. The van der Waals surface area contributed by atoms with Crippen LogP contribution in [0, 0.1) is 22.7 Å². The highest BCUT2D eigenvalue weighted by Gasteiger charge is 2.27. The minimum Gasteiger partial charge on any atom is -0.469 e. The van der Waals surface area contributed by atoms with Crippen molar-refractivity contribution in [3.63, 3.8) is 0 Å². The summed E-state index contributed by atoms with van der Waals surface area (Å²) in [6.45, 7) is 23.3. The predicted octanol–water partition coefficient (Wildman–Crippen LogP) is 7.53. The van der Waals surface area contributed by atoms with Crippen LogP contribution in [0.25, 0.3) is 0 Å². The summed E-state index contributed by atoms with van der Waals surface area (Å²) in [5.74, 6) is -0.00384. The smallest absolute Gasteiger partial charge is 0.311 e. The molecule has 0 aliphatic heterocycles. The van der Waals surface area contributed by atoms with E-state index in [4.69, 9.17) is 14.9 Å². The molecular weight excluding hydrogens is 616 g/mol. The zero-order chi connectivity index (χ0) is 38.3. The van der Waals surface area contributed by atoms with Crippen molar-refractivity contribution in [2.45, 2.75) is 121 Å². The van der Waals surface area contributed by atoms with Crippen LogP contribution in [-0.2, 0) is 38.1 Å². The van der Waals surface area contributed by atoms with Gasteiger partial charge in [0.15, 0.2) is 0 Å². The van der Waals surface area contributed by atoms with E-state index in [1.54, 1.807) is 6.92 Å². The lowest BCUT2D eigenvalue weighted by molar-refractivity contribution is -0.155. The fourth-order valence-electron chi connectivity index (χ4n) is 2.74. The first-order chi connectivity index (χ1) is 22.4. The fourth-order valence-corrected chi connectivity index (χ4v) is 2.74. The molecule has 1 rings (SSSR count). The molecule has 0 radical (unpaired) electrons. The molecule has 0 aromatic heterocycles. The topological polar surface area (TPSA) is 146 Å². The van der Waals surface area contributed by atoms with E-state index in [9.17, 15) is 19.2 Å². The van der Waals surface area contributed by atoms with Gasteiger partial charge in [0.2, 0.25) is 0 Å². The molecule has 1 aromatic carbocycles. The summed E-state index contributed by atoms with van der Waals surface area (Å²) in [7, 11) is 2.83. The molecule has 0 saturated carbocycles. The third-order valence-electron chi connectivity index (χ3n) is 7.93. The van der Waals surface area contributed by atoms with E-state index in [0.717, 1.165) is 25.7 Å². The van der Waals surface area contributed by atoms with Crippen molar-refractivity contribution >= 4 is 23.9 Å². The lowest BCUT2D eigenvalue weighted by Gasteiger charge is -2.19. The Morgan fingerprint density at radius 3 is 1.35 bits per heavy atom. The summed E-state index contributed by atoms with van der Waals surface area (Å²) in [5.41, 5.74) is 0.717. The van der Waals surface area contributed by atoms with Crippen LogP contribution in [0.1, 0.15) is 127 Å². The number of carbonyl (C=O) groups excluding carboxylic acids is 4. The summed E-state index contributed by atoms with van der Waals surface area (Å²) in [6.07, 6.45) is 4.43. The number of hydrogen-bond acceptors (Lipinski definition) is 10. The second-order valence-corrected chi connectivity index (χ2v) is 12.6. The molecule has 0 saturated heterocycles. The molecule has 2 N–H and O–H groups in total. The molecule has 1 aromatic rings. The Bertz CT molecular complexity index is 944. The quantitative estimate of drug-likeness (QED) is 0.149. The fraction of sp³-hybridized carbons (Fsp3) is 0.737. The van der Waals surface area contributed by atoms with Crippen LogP contribution in [0.4, 0.5) is 0 Å². The predicted molar refractivity (Wildman–Crippen MR) is 192 cm³/mol. The van der Waals surface area contributed by atoms with Crippen molar-refractivity contribution < 1.29 is 48.3 Å². The second kappa shape index (κ2) is 31.3. The van der Waals surface area contributed by atoms with Crippen LogP contribution in [-0.4, -0.2) is 74.7 Å².